The first-order valence-corrected chi connectivity index (χ1v) is 5.35. The van der Waals surface area contributed by atoms with E-state index < -0.39 is 0 Å². The molecule has 0 saturated carbocycles. The minimum atomic E-state index is -0.372. The van der Waals surface area contributed by atoms with Crippen LogP contribution in [0.1, 0.15) is 10.4 Å². The van der Waals surface area contributed by atoms with Gasteiger partial charge < -0.3 is 14.2 Å². The lowest BCUT2D eigenvalue weighted by Crippen LogP contribution is -2.25. The third kappa shape index (κ3) is 4.23. The molecule has 0 aliphatic rings. The van der Waals surface area contributed by atoms with E-state index in [9.17, 15) is 4.79 Å². The number of nitrogens with one attached hydrogen (secondary N) is 1. The first kappa shape index (κ1) is 14.3. The summed E-state index contributed by atoms with van der Waals surface area (Å²) in [7, 11) is 4.59. The Bertz CT molecular complexity index is 372. The quantitative estimate of drug-likeness (QED) is 0.582. The fraction of sp³-hybridized carbons (Fsp3) is 0.417. The van der Waals surface area contributed by atoms with E-state index in [0.717, 1.165) is 0 Å². The number of benzene rings is 1. The van der Waals surface area contributed by atoms with Crippen molar-refractivity contribution < 1.29 is 23.8 Å². The number of amides is 1. The van der Waals surface area contributed by atoms with Crippen LogP contribution in [-0.2, 0) is 9.57 Å². The van der Waals surface area contributed by atoms with Gasteiger partial charge in [-0.2, -0.15) is 0 Å². The molecule has 1 rings (SSSR count). The Hall–Kier alpha value is -1.79. The van der Waals surface area contributed by atoms with Gasteiger partial charge in [0, 0.05) is 18.7 Å². The Morgan fingerprint density at radius 3 is 2.17 bits per heavy atom. The van der Waals surface area contributed by atoms with Gasteiger partial charge in [0.2, 0.25) is 0 Å². The maximum Gasteiger partial charge on any atom is 0.275 e. The second kappa shape index (κ2) is 7.52. The van der Waals surface area contributed by atoms with Crippen molar-refractivity contribution in [3.63, 3.8) is 0 Å². The average Bonchev–Trinajstić information content (AvgIpc) is 2.42. The first-order valence-electron chi connectivity index (χ1n) is 5.35. The fourth-order valence-electron chi connectivity index (χ4n) is 1.24. The van der Waals surface area contributed by atoms with Gasteiger partial charge in [0.05, 0.1) is 27.4 Å². The predicted octanol–water partition coefficient (Wildman–Crippen LogP) is 1.01. The number of ether oxygens (including phenoxy) is 3. The molecule has 0 aliphatic heterocycles. The molecule has 0 aliphatic carbocycles. The highest BCUT2D eigenvalue weighted by Crippen LogP contribution is 2.22. The van der Waals surface area contributed by atoms with Crippen molar-refractivity contribution in [2.45, 2.75) is 0 Å². The molecule has 0 unspecified atom stereocenters. The molecule has 18 heavy (non-hydrogen) atoms. The molecule has 0 atom stereocenters. The second-order valence-corrected chi connectivity index (χ2v) is 3.37. The summed E-state index contributed by atoms with van der Waals surface area (Å²) in [6.07, 6.45) is 0. The number of hydrogen-bond acceptors (Lipinski definition) is 5. The number of rotatable bonds is 7. The van der Waals surface area contributed by atoms with Gasteiger partial charge in [-0.25, -0.2) is 5.48 Å². The van der Waals surface area contributed by atoms with E-state index in [-0.39, 0.29) is 12.5 Å². The van der Waals surface area contributed by atoms with Crippen molar-refractivity contribution in [3.8, 4) is 11.5 Å². The van der Waals surface area contributed by atoms with Gasteiger partial charge >= 0.3 is 0 Å². The zero-order valence-electron chi connectivity index (χ0n) is 10.7. The standard InChI is InChI=1S/C12H17NO5/c1-15-4-5-18-13-12(14)9-6-10(16-2)8-11(7-9)17-3/h6-8H,4-5H2,1-3H3,(H,13,14). The van der Waals surface area contributed by atoms with Gasteiger partial charge in [-0.15, -0.1) is 0 Å². The van der Waals surface area contributed by atoms with Crippen LogP contribution in [0.5, 0.6) is 11.5 Å². The van der Waals surface area contributed by atoms with Crippen LogP contribution >= 0.6 is 0 Å². The Morgan fingerprint density at radius 2 is 1.67 bits per heavy atom. The van der Waals surface area contributed by atoms with E-state index in [0.29, 0.717) is 23.7 Å². The van der Waals surface area contributed by atoms with Crippen LogP contribution in [-0.4, -0.2) is 40.5 Å². The summed E-state index contributed by atoms with van der Waals surface area (Å²) in [6.45, 7) is 0.686. The third-order valence-electron chi connectivity index (χ3n) is 2.17. The van der Waals surface area contributed by atoms with Crippen LogP contribution in [0.15, 0.2) is 18.2 Å². The molecular formula is C12H17NO5. The number of hydrogen-bond donors (Lipinski definition) is 1. The summed E-state index contributed by atoms with van der Waals surface area (Å²) in [5.74, 6) is 0.705. The Labute approximate surface area is 106 Å². The summed E-state index contributed by atoms with van der Waals surface area (Å²) < 4.78 is 14.9. The highest BCUT2D eigenvalue weighted by atomic mass is 16.7. The molecule has 6 nitrogen and oxygen atoms in total. The monoisotopic (exact) mass is 255 g/mol. The van der Waals surface area contributed by atoms with E-state index in [1.54, 1.807) is 25.3 Å². The van der Waals surface area contributed by atoms with Crippen molar-refractivity contribution >= 4 is 5.91 Å². The van der Waals surface area contributed by atoms with Crippen molar-refractivity contribution in [1.29, 1.82) is 0 Å². The summed E-state index contributed by atoms with van der Waals surface area (Å²) in [6, 6.07) is 4.87. The molecule has 0 heterocycles. The number of carbonyl (C=O) groups excluding carboxylic acids is 1. The van der Waals surface area contributed by atoms with E-state index >= 15 is 0 Å². The molecule has 0 radical (unpaired) electrons. The molecule has 1 amide bonds. The second-order valence-electron chi connectivity index (χ2n) is 3.37. The largest absolute Gasteiger partial charge is 0.497 e. The molecule has 0 bridgehead atoms. The number of hydroxylamine groups is 1. The van der Waals surface area contributed by atoms with Gasteiger partial charge in [-0.3, -0.25) is 9.63 Å². The van der Waals surface area contributed by atoms with Crippen LogP contribution < -0.4 is 15.0 Å². The summed E-state index contributed by atoms with van der Waals surface area (Å²) in [5.41, 5.74) is 2.70. The van der Waals surface area contributed by atoms with E-state index in [4.69, 9.17) is 19.0 Å². The van der Waals surface area contributed by atoms with E-state index in [1.807, 2.05) is 0 Å². The normalized spacial score (nSPS) is 9.94. The molecule has 0 aromatic heterocycles. The zero-order chi connectivity index (χ0) is 13.4. The van der Waals surface area contributed by atoms with Crippen LogP contribution in [0.25, 0.3) is 0 Å². The van der Waals surface area contributed by atoms with Crippen LogP contribution in [0.3, 0.4) is 0 Å². The van der Waals surface area contributed by atoms with Gasteiger partial charge in [0.15, 0.2) is 0 Å². The maximum atomic E-state index is 11.8. The minimum Gasteiger partial charge on any atom is -0.497 e. The van der Waals surface area contributed by atoms with Crippen LogP contribution in [0, 0.1) is 0 Å². The van der Waals surface area contributed by atoms with Crippen LogP contribution in [0.4, 0.5) is 0 Å². The SMILES string of the molecule is COCCONC(=O)c1cc(OC)cc(OC)c1. The molecule has 1 aromatic rings. The maximum absolute atomic E-state index is 11.8. The van der Waals surface area contributed by atoms with Crippen molar-refractivity contribution in [1.82, 2.24) is 5.48 Å². The molecule has 0 spiro atoms. The molecule has 6 heteroatoms. The molecule has 1 aromatic carbocycles. The predicted molar refractivity (Wildman–Crippen MR) is 64.8 cm³/mol. The molecular weight excluding hydrogens is 238 g/mol. The lowest BCUT2D eigenvalue weighted by molar-refractivity contribution is 0.00886. The first-order chi connectivity index (χ1) is 8.71. The topological polar surface area (TPSA) is 66.0 Å². The van der Waals surface area contributed by atoms with Crippen LogP contribution in [0.2, 0.25) is 0 Å². The lowest BCUT2D eigenvalue weighted by Gasteiger charge is -2.09. The summed E-state index contributed by atoms with van der Waals surface area (Å²) in [5, 5.41) is 0. The van der Waals surface area contributed by atoms with Crippen molar-refractivity contribution in [3.05, 3.63) is 23.8 Å². The van der Waals surface area contributed by atoms with Gasteiger partial charge in [0.25, 0.3) is 5.91 Å². The minimum absolute atomic E-state index is 0.281. The van der Waals surface area contributed by atoms with Crippen molar-refractivity contribution in [2.24, 2.45) is 0 Å². The van der Waals surface area contributed by atoms with Gasteiger partial charge in [0.1, 0.15) is 11.5 Å². The average molecular weight is 255 g/mol. The van der Waals surface area contributed by atoms with E-state index in [1.165, 1.54) is 14.2 Å². The van der Waals surface area contributed by atoms with Crippen molar-refractivity contribution in [2.75, 3.05) is 34.5 Å². The van der Waals surface area contributed by atoms with E-state index in [2.05, 4.69) is 5.48 Å². The Kier molecular flexibility index (Phi) is 5.96. The Balaban J connectivity index is 2.66. The number of methoxy groups -OCH3 is 3. The summed E-state index contributed by atoms with van der Waals surface area (Å²) >= 11 is 0. The van der Waals surface area contributed by atoms with Gasteiger partial charge in [-0.1, -0.05) is 0 Å². The highest BCUT2D eigenvalue weighted by Gasteiger charge is 2.09. The molecule has 1 N–H and O–H groups in total. The summed E-state index contributed by atoms with van der Waals surface area (Å²) in [4.78, 5) is 16.7. The lowest BCUT2D eigenvalue weighted by atomic mass is 10.2. The smallest absolute Gasteiger partial charge is 0.275 e. The van der Waals surface area contributed by atoms with Gasteiger partial charge in [-0.05, 0) is 12.1 Å². The third-order valence-corrected chi connectivity index (χ3v) is 2.17. The Morgan fingerprint density at radius 1 is 1.06 bits per heavy atom. The highest BCUT2D eigenvalue weighted by molar-refractivity contribution is 5.94. The zero-order valence-corrected chi connectivity index (χ0v) is 10.7. The molecule has 0 fully saturated rings. The fourth-order valence-corrected chi connectivity index (χ4v) is 1.24. The molecule has 0 saturated heterocycles. The number of carbonyl (C=O) groups is 1. The molecule has 100 valence electrons.